The first-order chi connectivity index (χ1) is 9.85. The quantitative estimate of drug-likeness (QED) is 0.259. The van der Waals surface area contributed by atoms with Crippen LogP contribution in [0.25, 0.3) is 0 Å². The van der Waals surface area contributed by atoms with Gasteiger partial charge >= 0.3 is 5.97 Å². The molecule has 0 saturated heterocycles. The fraction of sp³-hybridized carbons (Fsp3) is 0.706. The number of quaternary nitrogens is 1. The fourth-order valence-electron chi connectivity index (χ4n) is 2.03. The highest BCUT2D eigenvalue weighted by Crippen LogP contribution is 2.06. The number of carboxylic acids is 1. The third-order valence-corrected chi connectivity index (χ3v) is 2.97. The molecule has 0 heterocycles. The summed E-state index contributed by atoms with van der Waals surface area (Å²) in [7, 11) is 6.08. The minimum Gasteiger partial charge on any atom is -0.492 e. The first-order valence-electron chi connectivity index (χ1n) is 7.84. The van der Waals surface area contributed by atoms with Crippen molar-refractivity contribution in [1.29, 1.82) is 0 Å². The number of hydrogen-bond donors (Lipinski definition) is 1. The van der Waals surface area contributed by atoms with Gasteiger partial charge in [0.2, 0.25) is 0 Å². The Morgan fingerprint density at radius 2 is 1.90 bits per heavy atom. The summed E-state index contributed by atoms with van der Waals surface area (Å²) in [5.41, 5.74) is 0. The lowest BCUT2D eigenvalue weighted by molar-refractivity contribution is -0.873. The second kappa shape index (κ2) is 11.4. The minimum atomic E-state index is -0.826. The lowest BCUT2D eigenvalue weighted by Gasteiger charge is -2.28. The van der Waals surface area contributed by atoms with E-state index in [2.05, 4.69) is 13.0 Å². The maximum Gasteiger partial charge on any atom is 0.307 e. The van der Waals surface area contributed by atoms with Gasteiger partial charge in [0.05, 0.1) is 33.8 Å². The number of carbonyl (C=O) groups is 1. The molecule has 0 saturated carbocycles. The maximum atomic E-state index is 10.8. The van der Waals surface area contributed by atoms with Crippen LogP contribution in [0.5, 0.6) is 0 Å². The van der Waals surface area contributed by atoms with Crippen LogP contribution in [0.4, 0.5) is 0 Å². The molecule has 0 aliphatic carbocycles. The lowest BCUT2D eigenvalue weighted by Crippen LogP contribution is -2.42. The second-order valence-corrected chi connectivity index (χ2v) is 6.43. The zero-order valence-corrected chi connectivity index (χ0v) is 14.0. The van der Waals surface area contributed by atoms with E-state index in [1.54, 1.807) is 6.26 Å². The summed E-state index contributed by atoms with van der Waals surface area (Å²) >= 11 is 0. The average Bonchev–Trinajstić information content (AvgIpc) is 2.34. The largest absolute Gasteiger partial charge is 0.492 e. The van der Waals surface area contributed by atoms with Crippen molar-refractivity contribution in [1.82, 2.24) is 0 Å². The lowest BCUT2D eigenvalue weighted by atomic mass is 10.1. The number of unbranched alkanes of at least 4 members (excludes halogenated alkanes) is 4. The number of carboxylic acid groups (broad SMARTS) is 1. The van der Waals surface area contributed by atoms with Crippen LogP contribution in [0, 0.1) is 0 Å². The van der Waals surface area contributed by atoms with Crippen LogP contribution < -0.4 is 0 Å². The van der Waals surface area contributed by atoms with E-state index < -0.39 is 5.97 Å². The summed E-state index contributed by atoms with van der Waals surface area (Å²) in [5, 5.41) is 8.90. The van der Waals surface area contributed by atoms with E-state index in [-0.39, 0.29) is 12.5 Å². The second-order valence-electron chi connectivity index (χ2n) is 6.43. The van der Waals surface area contributed by atoms with Crippen molar-refractivity contribution < 1.29 is 19.1 Å². The van der Waals surface area contributed by atoms with Crippen molar-refractivity contribution in [2.24, 2.45) is 0 Å². The number of aliphatic carboxylic acids is 1. The molecule has 4 nitrogen and oxygen atoms in total. The molecule has 0 aliphatic heterocycles. The third-order valence-electron chi connectivity index (χ3n) is 2.97. The highest BCUT2D eigenvalue weighted by molar-refractivity contribution is 5.67. The molecule has 0 amide bonds. The molecule has 0 rings (SSSR count). The van der Waals surface area contributed by atoms with E-state index in [0.29, 0.717) is 11.0 Å². The molecule has 122 valence electrons. The number of nitrogens with zero attached hydrogens (tertiary/aromatic N) is 1. The van der Waals surface area contributed by atoms with Crippen LogP contribution >= 0.6 is 0 Å². The van der Waals surface area contributed by atoms with Gasteiger partial charge in [0.1, 0.15) is 6.54 Å². The Bertz CT molecular complexity index is 329. The summed E-state index contributed by atoms with van der Waals surface area (Å²) in [6.45, 7) is 2.87. The van der Waals surface area contributed by atoms with Crippen molar-refractivity contribution >= 4 is 5.97 Å². The van der Waals surface area contributed by atoms with Gasteiger partial charge in [-0.2, -0.15) is 0 Å². The van der Waals surface area contributed by atoms with Crippen LogP contribution in [0.1, 0.15) is 45.4 Å². The molecule has 1 unspecified atom stereocenters. The Balaban J connectivity index is 4.02. The number of ether oxygens (including phenoxy) is 1. The minimum absolute atomic E-state index is 0.0284. The Morgan fingerprint density at radius 1 is 1.19 bits per heavy atom. The van der Waals surface area contributed by atoms with Gasteiger partial charge in [-0.15, -0.1) is 0 Å². The molecule has 4 heteroatoms. The normalized spacial score (nSPS) is 13.9. The molecule has 0 fully saturated rings. The van der Waals surface area contributed by atoms with Gasteiger partial charge < -0.3 is 14.3 Å². The van der Waals surface area contributed by atoms with Gasteiger partial charge in [0.25, 0.3) is 0 Å². The van der Waals surface area contributed by atoms with Crippen LogP contribution in [0.2, 0.25) is 0 Å². The highest BCUT2D eigenvalue weighted by atomic mass is 16.5. The van der Waals surface area contributed by atoms with Gasteiger partial charge in [-0.1, -0.05) is 38.3 Å². The molecular formula is C17H32NO3+. The molecule has 21 heavy (non-hydrogen) atoms. The monoisotopic (exact) mass is 298 g/mol. The van der Waals surface area contributed by atoms with Crippen molar-refractivity contribution in [3.05, 3.63) is 24.5 Å². The molecule has 0 spiro atoms. The molecule has 0 aromatic carbocycles. The summed E-state index contributed by atoms with van der Waals surface area (Å²) in [4.78, 5) is 10.8. The van der Waals surface area contributed by atoms with Crippen molar-refractivity contribution in [3.8, 4) is 0 Å². The van der Waals surface area contributed by atoms with E-state index in [4.69, 9.17) is 9.84 Å². The molecule has 0 aromatic rings. The first kappa shape index (κ1) is 19.7. The molecule has 0 bridgehead atoms. The highest BCUT2D eigenvalue weighted by Gasteiger charge is 2.21. The Morgan fingerprint density at radius 3 is 2.48 bits per heavy atom. The average molecular weight is 298 g/mol. The number of hydrogen-bond acceptors (Lipinski definition) is 2. The Labute approximate surface area is 129 Å². The van der Waals surface area contributed by atoms with Gasteiger partial charge in [0.15, 0.2) is 6.10 Å². The van der Waals surface area contributed by atoms with Crippen molar-refractivity contribution in [3.63, 3.8) is 0 Å². The zero-order valence-electron chi connectivity index (χ0n) is 14.0. The maximum absolute atomic E-state index is 10.8. The summed E-state index contributed by atoms with van der Waals surface area (Å²) in [6, 6.07) is 0. The summed E-state index contributed by atoms with van der Waals surface area (Å²) in [6.07, 6.45) is 13.4. The van der Waals surface area contributed by atoms with Gasteiger partial charge in [-0.05, 0) is 18.9 Å². The molecule has 1 atom stereocenters. The van der Waals surface area contributed by atoms with Gasteiger partial charge in [0, 0.05) is 0 Å². The smallest absolute Gasteiger partial charge is 0.307 e. The van der Waals surface area contributed by atoms with E-state index in [1.165, 1.54) is 25.7 Å². The zero-order chi connectivity index (χ0) is 16.1. The standard InChI is InChI=1S/C17H31NO3/c1-5-6-7-8-9-10-11-12-13-21-16(14-17(19)20)15-18(2,3)4/h10-13,16H,5-9,14-15H2,1-4H3/p+1/b11-10-,13-12?. The first-order valence-corrected chi connectivity index (χ1v) is 7.84. The Hall–Kier alpha value is -1.29. The van der Waals surface area contributed by atoms with Crippen LogP contribution in [-0.2, 0) is 9.53 Å². The fourth-order valence-corrected chi connectivity index (χ4v) is 2.03. The number of rotatable bonds is 12. The Kier molecular flexibility index (Phi) is 10.7. The van der Waals surface area contributed by atoms with Gasteiger partial charge in [-0.25, -0.2) is 0 Å². The molecular weight excluding hydrogens is 266 g/mol. The third kappa shape index (κ3) is 14.9. The number of allylic oxidation sites excluding steroid dienone is 3. The molecule has 0 aromatic heterocycles. The predicted octanol–water partition coefficient (Wildman–Crippen LogP) is 3.59. The molecule has 0 aliphatic rings. The summed E-state index contributed by atoms with van der Waals surface area (Å²) < 4.78 is 6.23. The molecule has 0 radical (unpaired) electrons. The molecule has 1 N–H and O–H groups in total. The van der Waals surface area contributed by atoms with E-state index in [0.717, 1.165) is 6.42 Å². The van der Waals surface area contributed by atoms with Crippen LogP contribution in [0.3, 0.4) is 0 Å². The van der Waals surface area contributed by atoms with Gasteiger partial charge in [-0.3, -0.25) is 4.79 Å². The van der Waals surface area contributed by atoms with E-state index in [9.17, 15) is 4.79 Å². The SMILES string of the molecule is CCCCCC/C=C\C=COC(CC(=O)O)C[N+](C)(C)C. The number of likely N-dealkylation sites (N-methyl/N-ethyl adjacent to an activating group) is 1. The van der Waals surface area contributed by atoms with E-state index in [1.807, 2.05) is 33.3 Å². The summed E-state index contributed by atoms with van der Waals surface area (Å²) in [5.74, 6) is -0.826. The van der Waals surface area contributed by atoms with Crippen molar-refractivity contribution in [2.45, 2.75) is 51.6 Å². The topological polar surface area (TPSA) is 46.5 Å². The van der Waals surface area contributed by atoms with Crippen molar-refractivity contribution in [2.75, 3.05) is 27.7 Å². The van der Waals surface area contributed by atoms with E-state index >= 15 is 0 Å². The van der Waals surface area contributed by atoms with Crippen LogP contribution in [-0.4, -0.2) is 49.4 Å². The van der Waals surface area contributed by atoms with Crippen LogP contribution in [0.15, 0.2) is 24.5 Å². The predicted molar refractivity (Wildman–Crippen MR) is 87.1 cm³/mol.